The Morgan fingerprint density at radius 2 is 2.31 bits per heavy atom. The van der Waals surface area contributed by atoms with Gasteiger partial charge in [0, 0.05) is 11.6 Å². The van der Waals surface area contributed by atoms with E-state index in [0.29, 0.717) is 0 Å². The lowest BCUT2D eigenvalue weighted by Crippen LogP contribution is -2.02. The summed E-state index contributed by atoms with van der Waals surface area (Å²) in [4.78, 5) is 14.0. The number of carboxylic acid groups (broad SMARTS) is 1. The van der Waals surface area contributed by atoms with Gasteiger partial charge in [-0.25, -0.2) is 18.2 Å². The highest BCUT2D eigenvalue weighted by molar-refractivity contribution is 7.89. The van der Waals surface area contributed by atoms with Crippen molar-refractivity contribution in [2.45, 2.75) is 5.75 Å². The third-order valence-corrected chi connectivity index (χ3v) is 2.84. The van der Waals surface area contributed by atoms with Crippen molar-refractivity contribution in [3.8, 4) is 0 Å². The second kappa shape index (κ2) is 3.43. The molecule has 0 spiro atoms. The molecule has 5 nitrogen and oxygen atoms in total. The standard InChI is InChI=1S/C6H7NO4S2/c1-13(10,11)3-4-2-12-5(7-4)6(8)9/h2H,3H2,1H3,(H,8,9). The maximum Gasteiger partial charge on any atom is 0.365 e. The Balaban J connectivity index is 2.87. The molecular formula is C6H7NO4S2. The molecule has 1 rings (SSSR count). The highest BCUT2D eigenvalue weighted by Gasteiger charge is 2.12. The second-order valence-electron chi connectivity index (χ2n) is 2.52. The van der Waals surface area contributed by atoms with Crippen molar-refractivity contribution in [3.63, 3.8) is 0 Å². The van der Waals surface area contributed by atoms with E-state index in [1.807, 2.05) is 0 Å². The number of carboxylic acids is 1. The predicted octanol–water partition coefficient (Wildman–Crippen LogP) is 0.386. The average molecular weight is 221 g/mol. The van der Waals surface area contributed by atoms with E-state index in [4.69, 9.17) is 5.11 Å². The first-order valence-corrected chi connectivity index (χ1v) is 6.18. The lowest BCUT2D eigenvalue weighted by molar-refractivity contribution is 0.0696. The van der Waals surface area contributed by atoms with Crippen LogP contribution in [0.15, 0.2) is 5.38 Å². The van der Waals surface area contributed by atoms with Gasteiger partial charge in [-0.2, -0.15) is 0 Å². The maximum atomic E-state index is 10.8. The molecule has 0 atom stereocenters. The van der Waals surface area contributed by atoms with Crippen LogP contribution >= 0.6 is 11.3 Å². The first-order valence-electron chi connectivity index (χ1n) is 3.24. The largest absolute Gasteiger partial charge is 0.476 e. The molecule has 0 saturated heterocycles. The van der Waals surface area contributed by atoms with E-state index in [-0.39, 0.29) is 16.5 Å². The van der Waals surface area contributed by atoms with E-state index < -0.39 is 15.8 Å². The molecule has 0 radical (unpaired) electrons. The molecular weight excluding hydrogens is 214 g/mol. The van der Waals surface area contributed by atoms with Gasteiger partial charge in [0.15, 0.2) is 9.84 Å². The number of thiazole rings is 1. The molecule has 0 amide bonds. The summed E-state index contributed by atoms with van der Waals surface area (Å²) in [6.45, 7) is 0. The minimum atomic E-state index is -3.14. The van der Waals surface area contributed by atoms with Crippen molar-refractivity contribution in [1.29, 1.82) is 0 Å². The fourth-order valence-electron chi connectivity index (χ4n) is 0.740. The van der Waals surface area contributed by atoms with Crippen LogP contribution in [-0.2, 0) is 15.6 Å². The monoisotopic (exact) mass is 221 g/mol. The number of rotatable bonds is 3. The van der Waals surface area contributed by atoms with Crippen molar-refractivity contribution >= 4 is 27.1 Å². The van der Waals surface area contributed by atoms with Crippen LogP contribution in [0.5, 0.6) is 0 Å². The Bertz CT molecular complexity index is 420. The highest BCUT2D eigenvalue weighted by Crippen LogP contribution is 2.11. The number of hydrogen-bond acceptors (Lipinski definition) is 5. The zero-order valence-corrected chi connectivity index (χ0v) is 8.35. The van der Waals surface area contributed by atoms with Crippen molar-refractivity contribution in [3.05, 3.63) is 16.1 Å². The molecule has 13 heavy (non-hydrogen) atoms. The Kier molecular flexibility index (Phi) is 2.67. The van der Waals surface area contributed by atoms with E-state index in [1.165, 1.54) is 5.38 Å². The van der Waals surface area contributed by atoms with E-state index in [2.05, 4.69) is 4.98 Å². The number of aromatic nitrogens is 1. The number of carbonyl (C=O) groups is 1. The number of hydrogen-bond donors (Lipinski definition) is 1. The quantitative estimate of drug-likeness (QED) is 0.797. The molecule has 1 aromatic rings. The van der Waals surface area contributed by atoms with Crippen LogP contribution in [0.25, 0.3) is 0 Å². The molecule has 0 bridgehead atoms. The Hall–Kier alpha value is -0.950. The Morgan fingerprint density at radius 3 is 2.69 bits per heavy atom. The van der Waals surface area contributed by atoms with Gasteiger partial charge in [-0.1, -0.05) is 0 Å². The van der Waals surface area contributed by atoms with Crippen molar-refractivity contribution < 1.29 is 18.3 Å². The average Bonchev–Trinajstić information content (AvgIpc) is 2.31. The van der Waals surface area contributed by atoms with E-state index in [1.54, 1.807) is 0 Å². The first kappa shape index (κ1) is 10.1. The van der Waals surface area contributed by atoms with E-state index >= 15 is 0 Å². The summed E-state index contributed by atoms with van der Waals surface area (Å²) in [6, 6.07) is 0. The van der Waals surface area contributed by atoms with Gasteiger partial charge in [-0.05, 0) is 0 Å². The molecule has 0 aliphatic rings. The number of sulfone groups is 1. The fourth-order valence-corrected chi connectivity index (χ4v) is 2.19. The van der Waals surface area contributed by atoms with Crippen LogP contribution < -0.4 is 0 Å². The molecule has 0 aromatic carbocycles. The molecule has 0 unspecified atom stereocenters. The summed E-state index contributed by atoms with van der Waals surface area (Å²) >= 11 is 0.923. The van der Waals surface area contributed by atoms with Gasteiger partial charge >= 0.3 is 5.97 Å². The van der Waals surface area contributed by atoms with Crippen molar-refractivity contribution in [2.75, 3.05) is 6.26 Å². The molecule has 1 N–H and O–H groups in total. The van der Waals surface area contributed by atoms with Gasteiger partial charge in [-0.15, -0.1) is 11.3 Å². The molecule has 0 aliphatic heterocycles. The Morgan fingerprint density at radius 1 is 1.69 bits per heavy atom. The lowest BCUT2D eigenvalue weighted by atomic mass is 10.6. The Labute approximate surface area is 79.0 Å². The zero-order chi connectivity index (χ0) is 10.1. The summed E-state index contributed by atoms with van der Waals surface area (Å²) in [7, 11) is -3.14. The molecule has 1 heterocycles. The number of nitrogens with zero attached hydrogens (tertiary/aromatic N) is 1. The molecule has 0 fully saturated rings. The number of aromatic carboxylic acids is 1. The molecule has 1 aromatic heterocycles. The van der Waals surface area contributed by atoms with Crippen LogP contribution in [-0.4, -0.2) is 30.7 Å². The van der Waals surface area contributed by atoms with Gasteiger partial charge in [0.25, 0.3) is 0 Å². The third kappa shape index (κ3) is 3.11. The molecule has 7 heteroatoms. The minimum Gasteiger partial charge on any atom is -0.476 e. The summed E-state index contributed by atoms with van der Waals surface area (Å²) in [5.74, 6) is -1.35. The highest BCUT2D eigenvalue weighted by atomic mass is 32.2. The van der Waals surface area contributed by atoms with Crippen LogP contribution in [0.2, 0.25) is 0 Å². The van der Waals surface area contributed by atoms with Crippen molar-refractivity contribution in [2.24, 2.45) is 0 Å². The maximum absolute atomic E-state index is 10.8. The second-order valence-corrected chi connectivity index (χ2v) is 5.52. The summed E-state index contributed by atoms with van der Waals surface area (Å²) in [5.41, 5.74) is 0.282. The van der Waals surface area contributed by atoms with Gasteiger partial charge in [0.05, 0.1) is 11.4 Å². The zero-order valence-electron chi connectivity index (χ0n) is 6.72. The van der Waals surface area contributed by atoms with E-state index in [9.17, 15) is 13.2 Å². The SMILES string of the molecule is CS(=O)(=O)Cc1csc(C(=O)O)n1. The van der Waals surface area contributed by atoms with Gasteiger partial charge in [-0.3, -0.25) is 0 Å². The summed E-state index contributed by atoms with van der Waals surface area (Å²) in [5, 5.41) is 9.85. The van der Waals surface area contributed by atoms with Crippen molar-refractivity contribution in [1.82, 2.24) is 4.98 Å². The topological polar surface area (TPSA) is 84.3 Å². The minimum absolute atomic E-state index is 0.0846. The predicted molar refractivity (Wildman–Crippen MR) is 47.6 cm³/mol. The fraction of sp³-hybridized carbons (Fsp3) is 0.333. The van der Waals surface area contributed by atoms with Gasteiger partial charge in [0.2, 0.25) is 5.01 Å². The molecule has 0 aliphatic carbocycles. The first-order chi connectivity index (χ1) is 5.88. The summed E-state index contributed by atoms with van der Waals surface area (Å²) in [6.07, 6.45) is 1.08. The summed E-state index contributed by atoms with van der Waals surface area (Å²) < 4.78 is 21.6. The van der Waals surface area contributed by atoms with E-state index in [0.717, 1.165) is 17.6 Å². The molecule has 72 valence electrons. The van der Waals surface area contributed by atoms with Crippen LogP contribution in [0.1, 0.15) is 15.5 Å². The third-order valence-electron chi connectivity index (χ3n) is 1.14. The van der Waals surface area contributed by atoms with Gasteiger partial charge in [0.1, 0.15) is 0 Å². The lowest BCUT2D eigenvalue weighted by Gasteiger charge is -1.91. The van der Waals surface area contributed by atoms with Crippen LogP contribution in [0.4, 0.5) is 0 Å². The van der Waals surface area contributed by atoms with Gasteiger partial charge < -0.3 is 5.11 Å². The normalized spacial score (nSPS) is 11.5. The van der Waals surface area contributed by atoms with Crippen LogP contribution in [0, 0.1) is 0 Å². The van der Waals surface area contributed by atoms with Crippen LogP contribution in [0.3, 0.4) is 0 Å². The smallest absolute Gasteiger partial charge is 0.365 e. The molecule has 0 saturated carbocycles.